The van der Waals surface area contributed by atoms with Crippen molar-refractivity contribution in [1.29, 1.82) is 0 Å². The minimum Gasteiger partial charge on any atom is -0.331 e. The van der Waals surface area contributed by atoms with Crippen LogP contribution in [0.4, 0.5) is 5.69 Å². The summed E-state index contributed by atoms with van der Waals surface area (Å²) in [4.78, 5) is 14.0. The maximum absolute atomic E-state index is 12.1. The summed E-state index contributed by atoms with van der Waals surface area (Å²) in [5.41, 5.74) is 7.29. The van der Waals surface area contributed by atoms with Gasteiger partial charge < -0.3 is 5.32 Å². The standard InChI is InChI=1S/C15H16BrN3OS2/c1-3-12-9(2)7-13(22-12)14(20)18-19-15(21)17-11-6-4-5-10(16)8-11/h4-8H,3H2,1-2H3,(H,18,20)(H2,17,19,21). The predicted octanol–water partition coefficient (Wildman–Crippen LogP) is 4.01. The van der Waals surface area contributed by atoms with Gasteiger partial charge in [0.1, 0.15) is 0 Å². The third-order valence-electron chi connectivity index (χ3n) is 2.94. The molecule has 0 atom stereocenters. The van der Waals surface area contributed by atoms with E-state index in [1.807, 2.05) is 37.3 Å². The van der Waals surface area contributed by atoms with Crippen molar-refractivity contribution in [3.8, 4) is 0 Å². The van der Waals surface area contributed by atoms with Gasteiger partial charge in [-0.05, 0) is 55.4 Å². The molecule has 4 nitrogen and oxygen atoms in total. The van der Waals surface area contributed by atoms with Crippen LogP contribution in [0.3, 0.4) is 0 Å². The van der Waals surface area contributed by atoms with Gasteiger partial charge in [0, 0.05) is 15.0 Å². The molecule has 1 heterocycles. The number of carbonyl (C=O) groups is 1. The maximum Gasteiger partial charge on any atom is 0.279 e. The Hall–Kier alpha value is -1.44. The number of anilines is 1. The first-order valence-electron chi connectivity index (χ1n) is 6.71. The van der Waals surface area contributed by atoms with Crippen molar-refractivity contribution in [2.75, 3.05) is 5.32 Å². The Labute approximate surface area is 147 Å². The molecule has 0 saturated carbocycles. The molecule has 0 aliphatic rings. The van der Waals surface area contributed by atoms with Crippen LogP contribution >= 0.6 is 39.5 Å². The molecule has 22 heavy (non-hydrogen) atoms. The van der Waals surface area contributed by atoms with E-state index in [4.69, 9.17) is 12.2 Å². The summed E-state index contributed by atoms with van der Waals surface area (Å²) in [6.07, 6.45) is 0.931. The van der Waals surface area contributed by atoms with E-state index in [1.165, 1.54) is 16.2 Å². The summed E-state index contributed by atoms with van der Waals surface area (Å²) >= 11 is 10.0. The van der Waals surface area contributed by atoms with Gasteiger partial charge in [-0.1, -0.05) is 28.9 Å². The molecule has 116 valence electrons. The van der Waals surface area contributed by atoms with E-state index in [9.17, 15) is 4.79 Å². The van der Waals surface area contributed by atoms with E-state index in [0.29, 0.717) is 9.99 Å². The normalized spacial score (nSPS) is 10.1. The zero-order valence-electron chi connectivity index (χ0n) is 12.2. The fraction of sp³-hybridized carbons (Fsp3) is 0.200. The van der Waals surface area contributed by atoms with E-state index in [2.05, 4.69) is 39.0 Å². The fourth-order valence-electron chi connectivity index (χ4n) is 1.89. The first-order valence-corrected chi connectivity index (χ1v) is 8.73. The Balaban J connectivity index is 1.89. The third-order valence-corrected chi connectivity index (χ3v) is 5.02. The van der Waals surface area contributed by atoms with Gasteiger partial charge in [-0.3, -0.25) is 15.6 Å². The van der Waals surface area contributed by atoms with Crippen molar-refractivity contribution in [2.45, 2.75) is 20.3 Å². The first kappa shape index (κ1) is 16.9. The summed E-state index contributed by atoms with van der Waals surface area (Å²) in [6.45, 7) is 4.09. The average Bonchev–Trinajstić information content (AvgIpc) is 2.86. The van der Waals surface area contributed by atoms with Gasteiger partial charge >= 0.3 is 0 Å². The maximum atomic E-state index is 12.1. The van der Waals surface area contributed by atoms with E-state index >= 15 is 0 Å². The van der Waals surface area contributed by atoms with Gasteiger partial charge in [0.2, 0.25) is 0 Å². The number of thiocarbonyl (C=S) groups is 1. The number of carbonyl (C=O) groups excluding carboxylic acids is 1. The van der Waals surface area contributed by atoms with Crippen molar-refractivity contribution in [3.63, 3.8) is 0 Å². The van der Waals surface area contributed by atoms with Gasteiger partial charge in [-0.15, -0.1) is 11.3 Å². The Kier molecular flexibility index (Phi) is 5.93. The number of thiophene rings is 1. The highest BCUT2D eigenvalue weighted by Gasteiger charge is 2.11. The van der Waals surface area contributed by atoms with E-state index in [0.717, 1.165) is 22.1 Å². The van der Waals surface area contributed by atoms with Crippen LogP contribution in [-0.2, 0) is 6.42 Å². The number of hydrogen-bond acceptors (Lipinski definition) is 3. The number of aryl methyl sites for hydroxylation is 2. The largest absolute Gasteiger partial charge is 0.331 e. The van der Waals surface area contributed by atoms with Gasteiger partial charge in [-0.2, -0.15) is 0 Å². The highest BCUT2D eigenvalue weighted by atomic mass is 79.9. The number of amides is 1. The second-order valence-corrected chi connectivity index (χ2v) is 7.07. The highest BCUT2D eigenvalue weighted by molar-refractivity contribution is 9.10. The molecule has 2 aromatic rings. The molecule has 1 aromatic heterocycles. The smallest absolute Gasteiger partial charge is 0.279 e. The minimum absolute atomic E-state index is 0.189. The fourth-order valence-corrected chi connectivity index (χ4v) is 3.46. The molecule has 1 aromatic carbocycles. The van der Waals surface area contributed by atoms with Crippen LogP contribution in [0.5, 0.6) is 0 Å². The monoisotopic (exact) mass is 397 g/mol. The Morgan fingerprint density at radius 3 is 2.73 bits per heavy atom. The quantitative estimate of drug-likeness (QED) is 0.540. The first-order chi connectivity index (χ1) is 10.5. The van der Waals surface area contributed by atoms with Crippen LogP contribution in [0.15, 0.2) is 34.8 Å². The van der Waals surface area contributed by atoms with Gasteiger partial charge in [-0.25, -0.2) is 0 Å². The van der Waals surface area contributed by atoms with Gasteiger partial charge in [0.05, 0.1) is 4.88 Å². The molecule has 0 aliphatic carbocycles. The van der Waals surface area contributed by atoms with Crippen LogP contribution in [-0.4, -0.2) is 11.0 Å². The molecule has 7 heteroatoms. The number of rotatable bonds is 3. The number of benzene rings is 1. The Morgan fingerprint density at radius 1 is 1.32 bits per heavy atom. The molecule has 3 N–H and O–H groups in total. The highest BCUT2D eigenvalue weighted by Crippen LogP contribution is 2.22. The number of hydrazine groups is 1. The van der Waals surface area contributed by atoms with Crippen molar-refractivity contribution < 1.29 is 4.79 Å². The van der Waals surface area contributed by atoms with Gasteiger partial charge in [0.15, 0.2) is 5.11 Å². The predicted molar refractivity (Wildman–Crippen MR) is 99.4 cm³/mol. The second-order valence-electron chi connectivity index (χ2n) is 4.61. The summed E-state index contributed by atoms with van der Waals surface area (Å²) in [5, 5.41) is 3.33. The van der Waals surface area contributed by atoms with Crippen LogP contribution in [0.25, 0.3) is 0 Å². The van der Waals surface area contributed by atoms with Crippen LogP contribution in [0.1, 0.15) is 27.0 Å². The molecule has 0 aliphatic heterocycles. The third kappa shape index (κ3) is 4.53. The van der Waals surface area contributed by atoms with Crippen molar-refractivity contribution >= 4 is 56.2 Å². The van der Waals surface area contributed by atoms with Crippen molar-refractivity contribution in [3.05, 3.63) is 50.1 Å². The molecular weight excluding hydrogens is 382 g/mol. The Morgan fingerprint density at radius 2 is 2.09 bits per heavy atom. The number of hydrogen-bond donors (Lipinski definition) is 3. The zero-order valence-corrected chi connectivity index (χ0v) is 15.4. The van der Waals surface area contributed by atoms with Crippen molar-refractivity contribution in [1.82, 2.24) is 10.9 Å². The molecule has 0 radical (unpaired) electrons. The molecule has 0 saturated heterocycles. The molecule has 0 bridgehead atoms. The van der Waals surface area contributed by atoms with Crippen molar-refractivity contribution in [2.24, 2.45) is 0 Å². The number of halogens is 1. The molecule has 0 fully saturated rings. The zero-order chi connectivity index (χ0) is 16.1. The molecule has 2 rings (SSSR count). The van der Waals surface area contributed by atoms with Crippen LogP contribution in [0.2, 0.25) is 0 Å². The minimum atomic E-state index is -0.189. The lowest BCUT2D eigenvalue weighted by atomic mass is 10.2. The lowest BCUT2D eigenvalue weighted by Gasteiger charge is -2.11. The lowest BCUT2D eigenvalue weighted by molar-refractivity contribution is 0.0948. The molecule has 0 spiro atoms. The summed E-state index contributed by atoms with van der Waals surface area (Å²) in [6, 6.07) is 9.50. The van der Waals surface area contributed by atoms with Crippen LogP contribution < -0.4 is 16.2 Å². The molecular formula is C15H16BrN3OS2. The lowest BCUT2D eigenvalue weighted by Crippen LogP contribution is -2.43. The second kappa shape index (κ2) is 7.71. The average molecular weight is 398 g/mol. The van der Waals surface area contributed by atoms with E-state index in [-0.39, 0.29) is 5.91 Å². The SMILES string of the molecule is CCc1sc(C(=O)NNC(=S)Nc2cccc(Br)c2)cc1C. The summed E-state index contributed by atoms with van der Waals surface area (Å²) in [5.74, 6) is -0.189. The molecule has 0 unspecified atom stereocenters. The van der Waals surface area contributed by atoms with Gasteiger partial charge in [0.25, 0.3) is 5.91 Å². The topological polar surface area (TPSA) is 53.2 Å². The van der Waals surface area contributed by atoms with Crippen LogP contribution in [0, 0.1) is 6.92 Å². The summed E-state index contributed by atoms with van der Waals surface area (Å²) in [7, 11) is 0. The van der Waals surface area contributed by atoms with E-state index in [1.54, 1.807) is 0 Å². The molecule has 1 amide bonds. The summed E-state index contributed by atoms with van der Waals surface area (Å²) < 4.78 is 0.950. The Bertz CT molecular complexity index is 700. The van der Waals surface area contributed by atoms with E-state index < -0.39 is 0 Å². The number of nitrogens with one attached hydrogen (secondary N) is 3.